The molecule has 0 spiro atoms. The minimum absolute atomic E-state index is 0.150. The quantitative estimate of drug-likeness (QED) is 0.0192. The molecule has 4 unspecified atom stereocenters. The van der Waals surface area contributed by atoms with E-state index in [1.165, 1.54) is 89.9 Å². The van der Waals surface area contributed by atoms with Gasteiger partial charge in [-0.05, 0) is 38.5 Å². The van der Waals surface area contributed by atoms with E-state index in [2.05, 4.69) is 38.2 Å². The molecule has 0 amide bonds. The van der Waals surface area contributed by atoms with Gasteiger partial charge in [0.05, 0.1) is 19.8 Å². The monoisotopic (exact) mass is 931 g/mol. The lowest BCUT2D eigenvalue weighted by Crippen LogP contribution is -2.61. The number of unbranched alkanes of at least 4 members (excludes halogenated alkanes) is 22. The van der Waals surface area contributed by atoms with Gasteiger partial charge in [0.15, 0.2) is 18.7 Å². The normalized spacial score (nSPS) is 26.5. The molecule has 2 fully saturated rings. The summed E-state index contributed by atoms with van der Waals surface area (Å²) in [5.74, 6) is -0.937. The molecule has 2 rings (SSSR count). The first-order valence-corrected chi connectivity index (χ1v) is 25.4. The third-order valence-corrected chi connectivity index (χ3v) is 12.2. The number of hydrogen-bond acceptors (Lipinski definition) is 15. The first kappa shape index (κ1) is 59.1. The highest BCUT2D eigenvalue weighted by Crippen LogP contribution is 2.26. The fourth-order valence-corrected chi connectivity index (χ4v) is 7.97. The zero-order chi connectivity index (χ0) is 47.5. The summed E-state index contributed by atoms with van der Waals surface area (Å²) in [5, 5.41) is 72.0. The Bertz CT molecular complexity index is 1230. The molecular weight excluding hydrogens is 841 g/mol. The van der Waals surface area contributed by atoms with E-state index in [4.69, 9.17) is 28.4 Å². The second kappa shape index (κ2) is 37.9. The van der Waals surface area contributed by atoms with Crippen molar-refractivity contribution in [2.75, 3.05) is 26.4 Å². The van der Waals surface area contributed by atoms with Crippen LogP contribution in [0, 0.1) is 0 Å². The van der Waals surface area contributed by atoms with Crippen molar-refractivity contribution in [3.05, 3.63) is 24.3 Å². The molecule has 0 bridgehead atoms. The molecule has 2 heterocycles. The van der Waals surface area contributed by atoms with Gasteiger partial charge in [0.1, 0.15) is 55.4 Å². The average molecular weight is 931 g/mol. The third kappa shape index (κ3) is 26.4. The van der Waals surface area contributed by atoms with Crippen molar-refractivity contribution in [2.24, 2.45) is 0 Å². The molecule has 2 aliphatic rings. The van der Waals surface area contributed by atoms with Gasteiger partial charge in [-0.15, -0.1) is 0 Å². The first-order valence-electron chi connectivity index (χ1n) is 25.4. The number of ether oxygens (including phenoxy) is 6. The zero-order valence-corrected chi connectivity index (χ0v) is 40.0. The van der Waals surface area contributed by atoms with E-state index in [0.717, 1.165) is 57.8 Å². The van der Waals surface area contributed by atoms with Crippen molar-refractivity contribution in [3.8, 4) is 0 Å². The van der Waals surface area contributed by atoms with Crippen LogP contribution in [0.25, 0.3) is 0 Å². The number of carbonyl (C=O) groups is 2. The summed E-state index contributed by atoms with van der Waals surface area (Å²) in [7, 11) is 0. The van der Waals surface area contributed by atoms with E-state index in [9.17, 15) is 45.3 Å². The van der Waals surface area contributed by atoms with Gasteiger partial charge in [-0.2, -0.15) is 0 Å². The van der Waals surface area contributed by atoms with Crippen LogP contribution in [0.2, 0.25) is 0 Å². The van der Waals surface area contributed by atoms with E-state index >= 15 is 0 Å². The molecule has 0 aliphatic carbocycles. The lowest BCUT2D eigenvalue weighted by atomic mass is 9.98. The van der Waals surface area contributed by atoms with Crippen molar-refractivity contribution in [2.45, 2.75) is 255 Å². The highest BCUT2D eigenvalue weighted by Gasteiger charge is 2.47. The van der Waals surface area contributed by atoms with Crippen molar-refractivity contribution in [1.29, 1.82) is 0 Å². The van der Waals surface area contributed by atoms with Crippen LogP contribution in [0.1, 0.15) is 187 Å². The third-order valence-electron chi connectivity index (χ3n) is 12.2. The maximum absolute atomic E-state index is 13.0. The summed E-state index contributed by atoms with van der Waals surface area (Å²) in [6.07, 6.45) is 20.6. The molecule has 0 radical (unpaired) electrons. The molecule has 2 saturated heterocycles. The van der Waals surface area contributed by atoms with Crippen LogP contribution in [0.15, 0.2) is 24.3 Å². The molecule has 0 aromatic carbocycles. The average Bonchev–Trinajstić information content (AvgIpc) is 3.30. The smallest absolute Gasteiger partial charge is 0.306 e. The van der Waals surface area contributed by atoms with Crippen LogP contribution < -0.4 is 0 Å². The maximum Gasteiger partial charge on any atom is 0.306 e. The minimum atomic E-state index is -1.76. The van der Waals surface area contributed by atoms with Gasteiger partial charge < -0.3 is 64.2 Å². The van der Waals surface area contributed by atoms with Gasteiger partial charge in [0.2, 0.25) is 0 Å². The van der Waals surface area contributed by atoms with E-state index < -0.39 is 92.7 Å². The maximum atomic E-state index is 13.0. The second-order valence-electron chi connectivity index (χ2n) is 18.0. The van der Waals surface area contributed by atoms with Crippen molar-refractivity contribution >= 4 is 11.9 Å². The molecule has 0 aromatic heterocycles. The van der Waals surface area contributed by atoms with E-state index in [0.29, 0.717) is 12.8 Å². The Balaban J connectivity index is 1.82. The Morgan fingerprint density at radius 2 is 0.908 bits per heavy atom. The van der Waals surface area contributed by atoms with E-state index in [1.807, 2.05) is 0 Å². The Kier molecular flexibility index (Phi) is 34.5. The SMILES string of the molecule is CCCCCC/C=C/C=C/CCCCCCCC(=O)O[C@H](COC(=O)CCCCCCCCCCCCCCCC)CO[C@@H]1O[C@H](CO[C@@H]2O[C@H](CO)[C@H](O)C(O)C2O)[C@H](O)C(O)C1O. The number of carbonyl (C=O) groups excluding carboxylic acids is 2. The highest BCUT2D eigenvalue weighted by atomic mass is 16.7. The van der Waals surface area contributed by atoms with Gasteiger partial charge in [0, 0.05) is 12.8 Å². The second-order valence-corrected chi connectivity index (χ2v) is 18.0. The summed E-state index contributed by atoms with van der Waals surface area (Å²) < 4.78 is 33.5. The van der Waals surface area contributed by atoms with Gasteiger partial charge in [-0.3, -0.25) is 9.59 Å². The van der Waals surface area contributed by atoms with Gasteiger partial charge in [-0.1, -0.05) is 160 Å². The summed E-state index contributed by atoms with van der Waals surface area (Å²) in [6, 6.07) is 0. The van der Waals surface area contributed by atoms with Crippen LogP contribution in [0.4, 0.5) is 0 Å². The van der Waals surface area contributed by atoms with Crippen molar-refractivity contribution in [1.82, 2.24) is 0 Å². The zero-order valence-electron chi connectivity index (χ0n) is 40.0. The molecular formula is C50H90O15. The highest BCUT2D eigenvalue weighted by molar-refractivity contribution is 5.70. The lowest BCUT2D eigenvalue weighted by molar-refractivity contribution is -0.332. The molecule has 380 valence electrons. The molecule has 15 heteroatoms. The number of esters is 2. The van der Waals surface area contributed by atoms with Gasteiger partial charge >= 0.3 is 11.9 Å². The van der Waals surface area contributed by atoms with E-state index in [1.54, 1.807) is 0 Å². The molecule has 0 aromatic rings. The Morgan fingerprint density at radius 3 is 1.42 bits per heavy atom. The Hall–Kier alpha value is -2.02. The largest absolute Gasteiger partial charge is 0.462 e. The van der Waals surface area contributed by atoms with Crippen molar-refractivity contribution < 1.29 is 73.8 Å². The number of aliphatic hydroxyl groups excluding tert-OH is 7. The number of rotatable bonds is 39. The summed E-state index contributed by atoms with van der Waals surface area (Å²) in [6.45, 7) is 2.56. The number of allylic oxidation sites excluding steroid dienone is 4. The lowest BCUT2D eigenvalue weighted by Gasteiger charge is -2.42. The van der Waals surface area contributed by atoms with Crippen LogP contribution in [0.5, 0.6) is 0 Å². The fraction of sp³-hybridized carbons (Fsp3) is 0.880. The Labute approximate surface area is 390 Å². The fourth-order valence-electron chi connectivity index (χ4n) is 7.97. The number of aliphatic hydroxyl groups is 7. The van der Waals surface area contributed by atoms with Gasteiger partial charge in [0.25, 0.3) is 0 Å². The molecule has 15 nitrogen and oxygen atoms in total. The summed E-state index contributed by atoms with van der Waals surface area (Å²) in [4.78, 5) is 25.7. The standard InChI is InChI=1S/C50H90O15/c1-3-5-7-9-11-13-15-17-19-21-23-25-27-29-31-33-42(53)63-38(35-60-41(52)32-30-28-26-24-22-20-18-16-14-12-10-8-6-4-2)36-61-49-48(59)46(57)44(55)40(65-49)37-62-50-47(58)45(56)43(54)39(34-51)64-50/h13,15,17,19,38-40,43-51,54-59H,3-12,14,16,18,20-37H2,1-2H3/b15-13+,19-17+/t38-,39-,40-,43+,44+,45?,46?,47?,48?,49-,50-/m1/s1. The van der Waals surface area contributed by atoms with Gasteiger partial charge in [-0.25, -0.2) is 0 Å². The van der Waals surface area contributed by atoms with E-state index in [-0.39, 0.29) is 26.1 Å². The number of hydrogen-bond donors (Lipinski definition) is 7. The van der Waals surface area contributed by atoms with Crippen LogP contribution in [-0.4, -0.2) is 142 Å². The molecule has 65 heavy (non-hydrogen) atoms. The topological polar surface area (TPSA) is 231 Å². The molecule has 11 atom stereocenters. The Morgan fingerprint density at radius 1 is 0.492 bits per heavy atom. The summed E-state index contributed by atoms with van der Waals surface area (Å²) >= 11 is 0. The predicted octanol–water partition coefficient (Wildman–Crippen LogP) is 6.77. The van der Waals surface area contributed by atoms with Crippen LogP contribution in [0.3, 0.4) is 0 Å². The molecule has 0 saturated carbocycles. The predicted molar refractivity (Wildman–Crippen MR) is 247 cm³/mol. The molecule has 7 N–H and O–H groups in total. The van der Waals surface area contributed by atoms with Crippen LogP contribution >= 0.6 is 0 Å². The molecule has 2 aliphatic heterocycles. The van der Waals surface area contributed by atoms with Crippen LogP contribution in [-0.2, 0) is 38.0 Å². The first-order chi connectivity index (χ1) is 31.5. The van der Waals surface area contributed by atoms with Crippen molar-refractivity contribution in [3.63, 3.8) is 0 Å². The summed E-state index contributed by atoms with van der Waals surface area (Å²) in [5.41, 5.74) is 0. The minimum Gasteiger partial charge on any atom is -0.462 e.